The Labute approximate surface area is 178 Å². The molecule has 0 aliphatic heterocycles. The van der Waals surface area contributed by atoms with Gasteiger partial charge in [-0.05, 0) is 36.1 Å². The van der Waals surface area contributed by atoms with Crippen molar-refractivity contribution in [2.24, 2.45) is 5.92 Å². The van der Waals surface area contributed by atoms with Gasteiger partial charge in [0, 0.05) is 6.54 Å². The standard InChI is InChI=1S/C22H30N2O5S/c1-5-30(26,27)24-21(16(2)3)22(25)23-14-18-11-12-19(20(13-18)28-4)29-15-17-9-7-6-8-10-17/h6-13,16,21,24H,5,14-15H2,1-4H3,(H,23,25). The molecule has 0 aliphatic rings. The molecule has 0 bridgehead atoms. The summed E-state index contributed by atoms with van der Waals surface area (Å²) in [6.07, 6.45) is 0. The minimum absolute atomic E-state index is 0.0782. The highest BCUT2D eigenvalue weighted by Crippen LogP contribution is 2.28. The Morgan fingerprint density at radius 1 is 1.03 bits per heavy atom. The Morgan fingerprint density at radius 2 is 1.73 bits per heavy atom. The van der Waals surface area contributed by atoms with Gasteiger partial charge in [0.05, 0.1) is 12.9 Å². The number of rotatable bonds is 11. The van der Waals surface area contributed by atoms with Crippen molar-refractivity contribution in [2.45, 2.75) is 40.0 Å². The van der Waals surface area contributed by atoms with Crippen LogP contribution < -0.4 is 19.5 Å². The summed E-state index contributed by atoms with van der Waals surface area (Å²) in [4.78, 5) is 12.5. The molecule has 164 valence electrons. The van der Waals surface area contributed by atoms with E-state index in [2.05, 4.69) is 10.0 Å². The minimum atomic E-state index is -3.48. The van der Waals surface area contributed by atoms with E-state index in [9.17, 15) is 13.2 Å². The van der Waals surface area contributed by atoms with Gasteiger partial charge in [0.25, 0.3) is 0 Å². The molecule has 0 aliphatic carbocycles. The number of methoxy groups -OCH3 is 1. The van der Waals surface area contributed by atoms with Crippen LogP contribution in [0.3, 0.4) is 0 Å². The molecular weight excluding hydrogens is 404 g/mol. The highest BCUT2D eigenvalue weighted by molar-refractivity contribution is 7.89. The summed E-state index contributed by atoms with van der Waals surface area (Å²) in [5.74, 6) is 0.530. The first-order valence-electron chi connectivity index (χ1n) is 9.87. The molecule has 0 saturated heterocycles. The second-order valence-electron chi connectivity index (χ2n) is 7.22. The molecule has 0 spiro atoms. The highest BCUT2D eigenvalue weighted by Gasteiger charge is 2.26. The number of hydrogen-bond donors (Lipinski definition) is 2. The molecule has 0 saturated carbocycles. The van der Waals surface area contributed by atoms with Crippen LogP contribution in [0.4, 0.5) is 0 Å². The molecule has 2 rings (SSSR count). The zero-order valence-corrected chi connectivity index (χ0v) is 18.7. The number of benzene rings is 2. The molecule has 1 unspecified atom stereocenters. The second-order valence-corrected chi connectivity index (χ2v) is 9.26. The van der Waals surface area contributed by atoms with Crippen molar-refractivity contribution in [3.05, 3.63) is 59.7 Å². The van der Waals surface area contributed by atoms with Gasteiger partial charge in [-0.15, -0.1) is 0 Å². The number of carbonyl (C=O) groups is 1. The molecule has 0 fully saturated rings. The average molecular weight is 435 g/mol. The van der Waals surface area contributed by atoms with Gasteiger partial charge < -0.3 is 14.8 Å². The number of ether oxygens (including phenoxy) is 2. The van der Waals surface area contributed by atoms with Crippen molar-refractivity contribution in [2.75, 3.05) is 12.9 Å². The lowest BCUT2D eigenvalue weighted by Crippen LogP contribution is -2.49. The third kappa shape index (κ3) is 7.03. The van der Waals surface area contributed by atoms with Gasteiger partial charge in [-0.3, -0.25) is 4.79 Å². The molecule has 0 aromatic heterocycles. The number of amides is 1. The van der Waals surface area contributed by atoms with Crippen molar-refractivity contribution >= 4 is 15.9 Å². The molecule has 1 amide bonds. The largest absolute Gasteiger partial charge is 0.493 e. The van der Waals surface area contributed by atoms with Gasteiger partial charge in [-0.2, -0.15) is 0 Å². The van der Waals surface area contributed by atoms with Crippen LogP contribution in [0.5, 0.6) is 11.5 Å². The Hall–Kier alpha value is -2.58. The smallest absolute Gasteiger partial charge is 0.238 e. The summed E-state index contributed by atoms with van der Waals surface area (Å²) >= 11 is 0. The zero-order valence-electron chi connectivity index (χ0n) is 17.8. The first-order valence-corrected chi connectivity index (χ1v) is 11.5. The quantitative estimate of drug-likeness (QED) is 0.567. The van der Waals surface area contributed by atoms with E-state index in [1.54, 1.807) is 33.1 Å². The molecule has 0 heterocycles. The van der Waals surface area contributed by atoms with Gasteiger partial charge in [0.2, 0.25) is 15.9 Å². The fourth-order valence-corrected chi connectivity index (χ4v) is 3.68. The second kappa shape index (κ2) is 11.0. The van der Waals surface area contributed by atoms with Crippen LogP contribution >= 0.6 is 0 Å². The van der Waals surface area contributed by atoms with Gasteiger partial charge >= 0.3 is 0 Å². The van der Waals surface area contributed by atoms with Crippen LogP contribution in [-0.4, -0.2) is 33.2 Å². The maximum absolute atomic E-state index is 12.5. The lowest BCUT2D eigenvalue weighted by Gasteiger charge is -2.21. The van der Waals surface area contributed by atoms with Crippen LogP contribution in [0.2, 0.25) is 0 Å². The Balaban J connectivity index is 2.01. The van der Waals surface area contributed by atoms with Gasteiger partial charge in [0.15, 0.2) is 11.5 Å². The molecule has 7 nitrogen and oxygen atoms in total. The van der Waals surface area contributed by atoms with E-state index in [1.807, 2.05) is 36.4 Å². The summed E-state index contributed by atoms with van der Waals surface area (Å²) in [5.41, 5.74) is 1.86. The van der Waals surface area contributed by atoms with Crippen LogP contribution in [0.1, 0.15) is 31.9 Å². The van der Waals surface area contributed by atoms with Crippen LogP contribution in [0, 0.1) is 5.92 Å². The first-order chi connectivity index (χ1) is 14.3. The number of nitrogens with one attached hydrogen (secondary N) is 2. The van der Waals surface area contributed by atoms with E-state index in [-0.39, 0.29) is 24.1 Å². The van der Waals surface area contributed by atoms with E-state index >= 15 is 0 Å². The molecule has 1 atom stereocenters. The molecule has 8 heteroatoms. The molecule has 2 aromatic rings. The topological polar surface area (TPSA) is 93.7 Å². The lowest BCUT2D eigenvalue weighted by molar-refractivity contribution is -0.123. The summed E-state index contributed by atoms with van der Waals surface area (Å²) in [7, 11) is -1.93. The predicted molar refractivity (Wildman–Crippen MR) is 117 cm³/mol. The summed E-state index contributed by atoms with van der Waals surface area (Å²) < 4.78 is 37.4. The highest BCUT2D eigenvalue weighted by atomic mass is 32.2. The fourth-order valence-electron chi connectivity index (χ4n) is 2.74. The molecule has 2 N–H and O–H groups in total. The normalized spacial score (nSPS) is 12.4. The average Bonchev–Trinajstić information content (AvgIpc) is 2.75. The van der Waals surface area contributed by atoms with Gasteiger partial charge in [0.1, 0.15) is 12.6 Å². The van der Waals surface area contributed by atoms with Crippen LogP contribution in [0.15, 0.2) is 48.5 Å². The Kier molecular flexibility index (Phi) is 8.68. The maximum Gasteiger partial charge on any atom is 0.238 e. The number of hydrogen-bond acceptors (Lipinski definition) is 5. The van der Waals surface area contributed by atoms with Crippen molar-refractivity contribution in [1.82, 2.24) is 10.0 Å². The lowest BCUT2D eigenvalue weighted by atomic mass is 10.0. The predicted octanol–water partition coefficient (Wildman–Crippen LogP) is 2.85. The first kappa shape index (κ1) is 23.7. The molecule has 0 radical (unpaired) electrons. The van der Waals surface area contributed by atoms with E-state index in [1.165, 1.54) is 6.92 Å². The summed E-state index contributed by atoms with van der Waals surface area (Å²) in [6, 6.07) is 14.4. The van der Waals surface area contributed by atoms with Crippen LogP contribution in [0.25, 0.3) is 0 Å². The van der Waals surface area contributed by atoms with Gasteiger partial charge in [-0.25, -0.2) is 13.1 Å². The van der Waals surface area contributed by atoms with E-state index in [4.69, 9.17) is 9.47 Å². The van der Waals surface area contributed by atoms with E-state index in [0.717, 1.165) is 11.1 Å². The maximum atomic E-state index is 12.5. The third-order valence-electron chi connectivity index (χ3n) is 4.57. The van der Waals surface area contributed by atoms with E-state index in [0.29, 0.717) is 18.1 Å². The number of carbonyl (C=O) groups excluding carboxylic acids is 1. The van der Waals surface area contributed by atoms with Gasteiger partial charge in [-0.1, -0.05) is 50.2 Å². The number of sulfonamides is 1. The minimum Gasteiger partial charge on any atom is -0.493 e. The summed E-state index contributed by atoms with van der Waals surface area (Å²) in [6.45, 7) is 5.78. The summed E-state index contributed by atoms with van der Waals surface area (Å²) in [5, 5.41) is 2.79. The fraction of sp³-hybridized carbons (Fsp3) is 0.409. The Bertz CT molecular complexity index is 930. The Morgan fingerprint density at radius 3 is 2.33 bits per heavy atom. The third-order valence-corrected chi connectivity index (χ3v) is 5.94. The van der Waals surface area contributed by atoms with Crippen molar-refractivity contribution in [1.29, 1.82) is 0 Å². The van der Waals surface area contributed by atoms with Crippen LogP contribution in [-0.2, 0) is 28.0 Å². The zero-order chi connectivity index (χ0) is 22.1. The SMILES string of the molecule is CCS(=O)(=O)NC(C(=O)NCc1ccc(OCc2ccccc2)c(OC)c1)C(C)C. The monoisotopic (exact) mass is 434 g/mol. The van der Waals surface area contributed by atoms with E-state index < -0.39 is 16.1 Å². The molecule has 30 heavy (non-hydrogen) atoms. The molecule has 2 aromatic carbocycles. The molecular formula is C22H30N2O5S. The van der Waals surface area contributed by atoms with Crippen molar-refractivity contribution in [3.63, 3.8) is 0 Å². The van der Waals surface area contributed by atoms with Crippen molar-refractivity contribution in [3.8, 4) is 11.5 Å². The van der Waals surface area contributed by atoms with Crippen molar-refractivity contribution < 1.29 is 22.7 Å².